The lowest BCUT2D eigenvalue weighted by molar-refractivity contribution is 0.0701. The standard InChI is InChI=1S/C13H23N3O2S/c1-5-7-16(9-8-15(3)4)13-14-10(6-2)11(19-13)12(17)18/h5-9H2,1-4H3,(H,17,18). The first kappa shape index (κ1) is 15.9. The fraction of sp³-hybridized carbons (Fsp3) is 0.692. The highest BCUT2D eigenvalue weighted by Crippen LogP contribution is 2.27. The molecule has 1 heterocycles. The minimum absolute atomic E-state index is 0.378. The first-order valence-electron chi connectivity index (χ1n) is 6.62. The van der Waals surface area contributed by atoms with Crippen LogP contribution in [0.25, 0.3) is 0 Å². The third-order valence-electron chi connectivity index (χ3n) is 2.80. The summed E-state index contributed by atoms with van der Waals surface area (Å²) >= 11 is 1.29. The zero-order valence-corrected chi connectivity index (χ0v) is 13.0. The molecule has 0 amide bonds. The second kappa shape index (κ2) is 7.45. The van der Waals surface area contributed by atoms with E-state index in [0.29, 0.717) is 17.0 Å². The lowest BCUT2D eigenvalue weighted by Crippen LogP contribution is -2.32. The number of rotatable bonds is 8. The van der Waals surface area contributed by atoms with Crippen molar-refractivity contribution in [3.63, 3.8) is 0 Å². The molecule has 0 atom stereocenters. The molecule has 0 saturated heterocycles. The highest BCUT2D eigenvalue weighted by Gasteiger charge is 2.19. The van der Waals surface area contributed by atoms with Crippen LogP contribution < -0.4 is 4.90 Å². The maximum atomic E-state index is 11.2. The number of carbonyl (C=O) groups is 1. The molecule has 0 aromatic carbocycles. The molecular weight excluding hydrogens is 262 g/mol. The Morgan fingerprint density at radius 3 is 2.37 bits per heavy atom. The van der Waals surface area contributed by atoms with E-state index in [1.165, 1.54) is 11.3 Å². The largest absolute Gasteiger partial charge is 0.477 e. The van der Waals surface area contributed by atoms with Crippen LogP contribution in [0.1, 0.15) is 35.6 Å². The number of hydrogen-bond acceptors (Lipinski definition) is 5. The number of carboxylic acid groups (broad SMARTS) is 1. The maximum absolute atomic E-state index is 11.2. The van der Waals surface area contributed by atoms with Crippen molar-refractivity contribution in [3.05, 3.63) is 10.6 Å². The van der Waals surface area contributed by atoms with E-state index in [1.54, 1.807) is 0 Å². The molecule has 0 aliphatic carbocycles. The predicted octanol–water partition coefficient (Wildman–Crippen LogP) is 2.18. The van der Waals surface area contributed by atoms with Gasteiger partial charge in [0.05, 0.1) is 5.69 Å². The van der Waals surface area contributed by atoms with Gasteiger partial charge in [-0.25, -0.2) is 9.78 Å². The van der Waals surface area contributed by atoms with E-state index < -0.39 is 5.97 Å². The molecule has 0 radical (unpaired) electrons. The van der Waals surface area contributed by atoms with E-state index in [0.717, 1.165) is 31.2 Å². The first-order chi connectivity index (χ1) is 8.99. The van der Waals surface area contributed by atoms with Gasteiger partial charge in [-0.1, -0.05) is 25.2 Å². The van der Waals surface area contributed by atoms with Gasteiger partial charge < -0.3 is 14.9 Å². The molecule has 108 valence electrons. The van der Waals surface area contributed by atoms with Crippen molar-refractivity contribution in [2.75, 3.05) is 38.6 Å². The summed E-state index contributed by atoms with van der Waals surface area (Å²) in [4.78, 5) is 20.4. The fourth-order valence-corrected chi connectivity index (χ4v) is 2.82. The monoisotopic (exact) mass is 285 g/mol. The summed E-state index contributed by atoms with van der Waals surface area (Å²) in [5.74, 6) is -0.871. The van der Waals surface area contributed by atoms with E-state index >= 15 is 0 Å². The van der Waals surface area contributed by atoms with E-state index in [4.69, 9.17) is 0 Å². The Labute approximate surface area is 118 Å². The summed E-state index contributed by atoms with van der Waals surface area (Å²) < 4.78 is 0. The van der Waals surface area contributed by atoms with Crippen LogP contribution in [0.15, 0.2) is 0 Å². The van der Waals surface area contributed by atoms with E-state index in [1.807, 2.05) is 21.0 Å². The molecule has 6 heteroatoms. The topological polar surface area (TPSA) is 56.7 Å². The number of hydrogen-bond donors (Lipinski definition) is 1. The first-order valence-corrected chi connectivity index (χ1v) is 7.43. The molecular formula is C13H23N3O2S. The minimum atomic E-state index is -0.871. The Morgan fingerprint density at radius 1 is 1.26 bits per heavy atom. The summed E-state index contributed by atoms with van der Waals surface area (Å²) in [5.41, 5.74) is 0.693. The van der Waals surface area contributed by atoms with Crippen LogP contribution in [-0.4, -0.2) is 54.7 Å². The third kappa shape index (κ3) is 4.47. The summed E-state index contributed by atoms with van der Waals surface area (Å²) in [7, 11) is 4.07. The van der Waals surface area contributed by atoms with Crippen LogP contribution >= 0.6 is 11.3 Å². The predicted molar refractivity (Wildman–Crippen MR) is 79.5 cm³/mol. The summed E-state index contributed by atoms with van der Waals surface area (Å²) in [6, 6.07) is 0. The Hall–Kier alpha value is -1.14. The van der Waals surface area contributed by atoms with Crippen molar-refractivity contribution in [3.8, 4) is 0 Å². The number of carboxylic acids is 1. The molecule has 0 saturated carbocycles. The zero-order chi connectivity index (χ0) is 14.4. The van der Waals surface area contributed by atoms with Gasteiger partial charge >= 0.3 is 5.97 Å². The minimum Gasteiger partial charge on any atom is -0.477 e. The van der Waals surface area contributed by atoms with Crippen LogP contribution in [0.4, 0.5) is 5.13 Å². The zero-order valence-electron chi connectivity index (χ0n) is 12.1. The second-order valence-corrected chi connectivity index (χ2v) is 5.70. The Bertz CT molecular complexity index is 418. The molecule has 0 bridgehead atoms. The summed E-state index contributed by atoms with van der Waals surface area (Å²) in [6.07, 6.45) is 1.68. The number of aromatic nitrogens is 1. The molecule has 1 rings (SSSR count). The highest BCUT2D eigenvalue weighted by atomic mass is 32.1. The van der Waals surface area contributed by atoms with Gasteiger partial charge in [0.15, 0.2) is 5.13 Å². The number of aromatic carboxylic acids is 1. The Kier molecular flexibility index (Phi) is 6.24. The number of likely N-dealkylation sites (N-methyl/N-ethyl adjacent to an activating group) is 1. The molecule has 1 aromatic heterocycles. The van der Waals surface area contributed by atoms with Crippen molar-refractivity contribution in [2.45, 2.75) is 26.7 Å². The molecule has 5 nitrogen and oxygen atoms in total. The Balaban J connectivity index is 2.92. The molecule has 0 fully saturated rings. The number of nitrogens with zero attached hydrogens (tertiary/aromatic N) is 3. The van der Waals surface area contributed by atoms with Crippen LogP contribution in [0.5, 0.6) is 0 Å². The third-order valence-corrected chi connectivity index (χ3v) is 3.94. The quantitative estimate of drug-likeness (QED) is 0.793. The normalized spacial score (nSPS) is 11.0. The summed E-state index contributed by atoms with van der Waals surface area (Å²) in [5, 5.41) is 10.0. The van der Waals surface area contributed by atoms with Crippen molar-refractivity contribution in [2.24, 2.45) is 0 Å². The molecule has 0 unspecified atom stereocenters. The van der Waals surface area contributed by atoms with Crippen molar-refractivity contribution >= 4 is 22.4 Å². The molecule has 0 spiro atoms. The average Bonchev–Trinajstić information content (AvgIpc) is 2.78. The summed E-state index contributed by atoms with van der Waals surface area (Å²) in [6.45, 7) is 6.77. The maximum Gasteiger partial charge on any atom is 0.347 e. The second-order valence-electron chi connectivity index (χ2n) is 4.72. The fourth-order valence-electron chi connectivity index (χ4n) is 1.77. The number of aryl methyl sites for hydroxylation is 1. The molecule has 0 aliphatic rings. The van der Waals surface area contributed by atoms with E-state index in [-0.39, 0.29) is 0 Å². The lowest BCUT2D eigenvalue weighted by Gasteiger charge is -2.23. The molecule has 0 aliphatic heterocycles. The van der Waals surface area contributed by atoms with Crippen LogP contribution in [0.3, 0.4) is 0 Å². The molecule has 1 N–H and O–H groups in total. The van der Waals surface area contributed by atoms with Crippen LogP contribution in [0, 0.1) is 0 Å². The lowest BCUT2D eigenvalue weighted by atomic mass is 10.3. The van der Waals surface area contributed by atoms with Gasteiger partial charge in [0, 0.05) is 19.6 Å². The van der Waals surface area contributed by atoms with Gasteiger partial charge in [-0.2, -0.15) is 0 Å². The highest BCUT2D eigenvalue weighted by molar-refractivity contribution is 7.17. The van der Waals surface area contributed by atoms with Crippen molar-refractivity contribution < 1.29 is 9.90 Å². The van der Waals surface area contributed by atoms with E-state index in [9.17, 15) is 9.90 Å². The molecule has 1 aromatic rings. The van der Waals surface area contributed by atoms with E-state index in [2.05, 4.69) is 21.7 Å². The van der Waals surface area contributed by atoms with Crippen molar-refractivity contribution in [1.82, 2.24) is 9.88 Å². The van der Waals surface area contributed by atoms with Crippen LogP contribution in [0.2, 0.25) is 0 Å². The number of thiazole rings is 1. The van der Waals surface area contributed by atoms with Gasteiger partial charge in [0.25, 0.3) is 0 Å². The van der Waals surface area contributed by atoms with Gasteiger partial charge in [0.1, 0.15) is 4.88 Å². The number of anilines is 1. The van der Waals surface area contributed by atoms with Gasteiger partial charge in [-0.05, 0) is 26.9 Å². The Morgan fingerprint density at radius 2 is 1.95 bits per heavy atom. The van der Waals surface area contributed by atoms with Gasteiger partial charge in [0.2, 0.25) is 0 Å². The van der Waals surface area contributed by atoms with Crippen molar-refractivity contribution in [1.29, 1.82) is 0 Å². The average molecular weight is 285 g/mol. The SMILES string of the molecule is CCCN(CCN(C)C)c1nc(CC)c(C(=O)O)s1. The van der Waals surface area contributed by atoms with Crippen LogP contribution in [-0.2, 0) is 6.42 Å². The smallest absolute Gasteiger partial charge is 0.347 e. The van der Waals surface area contributed by atoms with Gasteiger partial charge in [-0.3, -0.25) is 0 Å². The van der Waals surface area contributed by atoms with Gasteiger partial charge in [-0.15, -0.1) is 0 Å². The molecule has 19 heavy (non-hydrogen) atoms.